The van der Waals surface area contributed by atoms with Gasteiger partial charge in [-0.05, 0) is 18.1 Å². The van der Waals surface area contributed by atoms with Crippen LogP contribution in [0.3, 0.4) is 0 Å². The summed E-state index contributed by atoms with van der Waals surface area (Å²) in [6.07, 6.45) is 5.20. The summed E-state index contributed by atoms with van der Waals surface area (Å²) >= 11 is 11.9. The summed E-state index contributed by atoms with van der Waals surface area (Å²) in [4.78, 5) is 15.7. The summed E-state index contributed by atoms with van der Waals surface area (Å²) in [5.74, 6) is -0.270. The van der Waals surface area contributed by atoms with Crippen LogP contribution in [0.15, 0.2) is 41.8 Å². The SMILES string of the molecule is CCc1ccccc1NCC(=O)NN=Cc1c(Cl)cncc1Cl. The second-order valence-electron chi connectivity index (χ2n) is 4.67. The van der Waals surface area contributed by atoms with Gasteiger partial charge in [0, 0.05) is 23.6 Å². The number of amides is 1. The number of para-hydroxylation sites is 1. The van der Waals surface area contributed by atoms with Gasteiger partial charge in [0.15, 0.2) is 0 Å². The quantitative estimate of drug-likeness (QED) is 0.618. The largest absolute Gasteiger partial charge is 0.376 e. The van der Waals surface area contributed by atoms with E-state index in [9.17, 15) is 4.79 Å². The third kappa shape index (κ3) is 4.94. The van der Waals surface area contributed by atoms with Gasteiger partial charge in [-0.15, -0.1) is 0 Å². The van der Waals surface area contributed by atoms with E-state index < -0.39 is 0 Å². The van der Waals surface area contributed by atoms with Crippen LogP contribution in [0.4, 0.5) is 5.69 Å². The highest BCUT2D eigenvalue weighted by atomic mass is 35.5. The van der Waals surface area contributed by atoms with Gasteiger partial charge in [0.1, 0.15) is 0 Å². The first-order valence-electron chi connectivity index (χ1n) is 7.04. The Labute approximate surface area is 144 Å². The number of nitrogens with one attached hydrogen (secondary N) is 2. The van der Waals surface area contributed by atoms with Crippen molar-refractivity contribution in [3.63, 3.8) is 0 Å². The lowest BCUT2D eigenvalue weighted by Crippen LogP contribution is -2.26. The first-order chi connectivity index (χ1) is 11.1. The minimum atomic E-state index is -0.270. The van der Waals surface area contributed by atoms with Gasteiger partial charge in [0.05, 0.1) is 22.8 Å². The lowest BCUT2D eigenvalue weighted by atomic mass is 10.1. The number of halogens is 2. The van der Waals surface area contributed by atoms with Gasteiger partial charge in [0.2, 0.25) is 0 Å². The molecule has 0 fully saturated rings. The topological polar surface area (TPSA) is 66.4 Å². The highest BCUT2D eigenvalue weighted by Gasteiger charge is 2.05. The number of rotatable bonds is 6. The summed E-state index contributed by atoms with van der Waals surface area (Å²) in [6.45, 7) is 2.18. The maximum Gasteiger partial charge on any atom is 0.259 e. The van der Waals surface area contributed by atoms with Crippen LogP contribution in [-0.2, 0) is 11.2 Å². The Balaban J connectivity index is 1.89. The Morgan fingerprint density at radius 1 is 1.26 bits per heavy atom. The Kier molecular flexibility index (Phi) is 6.38. The summed E-state index contributed by atoms with van der Waals surface area (Å²) in [5, 5.41) is 7.68. The number of aromatic nitrogens is 1. The van der Waals surface area contributed by atoms with E-state index in [0.717, 1.165) is 17.7 Å². The molecule has 0 unspecified atom stereocenters. The van der Waals surface area contributed by atoms with E-state index in [1.165, 1.54) is 18.6 Å². The summed E-state index contributed by atoms with van der Waals surface area (Å²) in [6, 6.07) is 7.85. The van der Waals surface area contributed by atoms with E-state index in [0.29, 0.717) is 15.6 Å². The number of hydrogen-bond donors (Lipinski definition) is 2. The van der Waals surface area contributed by atoms with Gasteiger partial charge in [-0.1, -0.05) is 48.3 Å². The molecule has 1 heterocycles. The van der Waals surface area contributed by atoms with Crippen LogP contribution in [0.25, 0.3) is 0 Å². The molecule has 0 aliphatic carbocycles. The summed E-state index contributed by atoms with van der Waals surface area (Å²) in [5.41, 5.74) is 5.02. The van der Waals surface area contributed by atoms with E-state index in [4.69, 9.17) is 23.2 Å². The van der Waals surface area contributed by atoms with Gasteiger partial charge >= 0.3 is 0 Å². The second kappa shape index (κ2) is 8.50. The molecule has 0 radical (unpaired) electrons. The van der Waals surface area contributed by atoms with E-state index >= 15 is 0 Å². The van der Waals surface area contributed by atoms with Crippen LogP contribution < -0.4 is 10.7 Å². The van der Waals surface area contributed by atoms with E-state index in [-0.39, 0.29) is 12.5 Å². The summed E-state index contributed by atoms with van der Waals surface area (Å²) in [7, 11) is 0. The Bertz CT molecular complexity index is 699. The molecule has 0 saturated heterocycles. The van der Waals surface area contributed by atoms with E-state index in [2.05, 4.69) is 27.8 Å². The van der Waals surface area contributed by atoms with Gasteiger partial charge in [-0.2, -0.15) is 5.10 Å². The fourth-order valence-electron chi connectivity index (χ4n) is 1.93. The number of pyridine rings is 1. The van der Waals surface area contributed by atoms with Crippen LogP contribution in [0, 0.1) is 0 Å². The number of hydrazone groups is 1. The molecule has 0 aliphatic rings. The van der Waals surface area contributed by atoms with Gasteiger partial charge in [-0.25, -0.2) is 5.43 Å². The molecule has 0 saturated carbocycles. The molecule has 2 N–H and O–H groups in total. The smallest absolute Gasteiger partial charge is 0.259 e. The average Bonchev–Trinajstić information content (AvgIpc) is 2.56. The molecule has 5 nitrogen and oxygen atoms in total. The fraction of sp³-hybridized carbons (Fsp3) is 0.188. The predicted molar refractivity (Wildman–Crippen MR) is 94.3 cm³/mol. The molecule has 2 rings (SSSR count). The van der Waals surface area contributed by atoms with E-state index in [1.807, 2.05) is 24.3 Å². The molecule has 2 aromatic rings. The molecular formula is C16H16Cl2N4O. The molecule has 1 aromatic heterocycles. The predicted octanol–water partition coefficient (Wildman–Crippen LogP) is 3.51. The van der Waals surface area contributed by atoms with Crippen LogP contribution in [0.5, 0.6) is 0 Å². The van der Waals surface area contributed by atoms with Crippen molar-refractivity contribution in [2.45, 2.75) is 13.3 Å². The van der Waals surface area contributed by atoms with Gasteiger partial charge < -0.3 is 5.32 Å². The van der Waals surface area contributed by atoms with Crippen molar-refractivity contribution in [1.82, 2.24) is 10.4 Å². The number of anilines is 1. The maximum atomic E-state index is 11.8. The minimum Gasteiger partial charge on any atom is -0.376 e. The molecule has 1 amide bonds. The van der Waals surface area contributed by atoms with Crippen molar-refractivity contribution in [3.8, 4) is 0 Å². The molecule has 1 aromatic carbocycles. The van der Waals surface area contributed by atoms with Crippen molar-refractivity contribution in [2.24, 2.45) is 5.10 Å². The normalized spacial score (nSPS) is 10.7. The number of hydrogen-bond acceptors (Lipinski definition) is 4. The van der Waals surface area contributed by atoms with Crippen molar-refractivity contribution in [2.75, 3.05) is 11.9 Å². The summed E-state index contributed by atoms with van der Waals surface area (Å²) < 4.78 is 0. The molecule has 0 spiro atoms. The average molecular weight is 351 g/mol. The first-order valence-corrected chi connectivity index (χ1v) is 7.80. The molecular weight excluding hydrogens is 335 g/mol. The maximum absolute atomic E-state index is 11.8. The molecule has 23 heavy (non-hydrogen) atoms. The molecule has 7 heteroatoms. The number of carbonyl (C=O) groups excluding carboxylic acids is 1. The van der Waals surface area contributed by atoms with E-state index in [1.54, 1.807) is 0 Å². The number of aryl methyl sites for hydroxylation is 1. The molecule has 120 valence electrons. The number of carbonyl (C=O) groups is 1. The third-order valence-electron chi connectivity index (χ3n) is 3.11. The molecule has 0 aliphatic heterocycles. The highest BCUT2D eigenvalue weighted by Crippen LogP contribution is 2.20. The Morgan fingerprint density at radius 3 is 2.65 bits per heavy atom. The van der Waals surface area contributed by atoms with Crippen molar-refractivity contribution < 1.29 is 4.79 Å². The van der Waals surface area contributed by atoms with Crippen LogP contribution in [-0.4, -0.2) is 23.7 Å². The zero-order valence-electron chi connectivity index (χ0n) is 12.5. The lowest BCUT2D eigenvalue weighted by molar-refractivity contribution is -0.119. The fourth-order valence-corrected chi connectivity index (χ4v) is 2.39. The van der Waals surface area contributed by atoms with Crippen molar-refractivity contribution in [1.29, 1.82) is 0 Å². The van der Waals surface area contributed by atoms with Crippen molar-refractivity contribution >= 4 is 41.0 Å². The van der Waals surface area contributed by atoms with Crippen LogP contribution >= 0.6 is 23.2 Å². The first kappa shape index (κ1) is 17.2. The second-order valence-corrected chi connectivity index (χ2v) is 5.49. The lowest BCUT2D eigenvalue weighted by Gasteiger charge is -2.09. The van der Waals surface area contributed by atoms with Crippen LogP contribution in [0.2, 0.25) is 10.0 Å². The molecule has 0 atom stereocenters. The standard InChI is InChI=1S/C16H16Cl2N4O/c1-2-11-5-3-4-6-15(11)20-10-16(23)22-21-7-12-13(17)8-19-9-14(12)18/h3-9,20H,2,10H2,1H3,(H,22,23). The highest BCUT2D eigenvalue weighted by molar-refractivity contribution is 6.38. The monoisotopic (exact) mass is 350 g/mol. The number of nitrogens with zero attached hydrogens (tertiary/aromatic N) is 2. The zero-order chi connectivity index (χ0) is 16.7. The minimum absolute atomic E-state index is 0.117. The number of benzene rings is 1. The van der Waals surface area contributed by atoms with Gasteiger partial charge in [-0.3, -0.25) is 9.78 Å². The van der Waals surface area contributed by atoms with Crippen LogP contribution in [0.1, 0.15) is 18.1 Å². The third-order valence-corrected chi connectivity index (χ3v) is 3.71. The molecule has 0 bridgehead atoms. The van der Waals surface area contributed by atoms with Gasteiger partial charge in [0.25, 0.3) is 5.91 Å². The van der Waals surface area contributed by atoms with Crippen molar-refractivity contribution in [3.05, 3.63) is 57.8 Å². The Morgan fingerprint density at radius 2 is 1.96 bits per heavy atom. The zero-order valence-corrected chi connectivity index (χ0v) is 14.0. The Hall–Kier alpha value is -2.11.